The third-order valence-electron chi connectivity index (χ3n) is 3.77. The molecule has 2 N–H and O–H groups in total. The average molecular weight is 274 g/mol. The summed E-state index contributed by atoms with van der Waals surface area (Å²) in [6.07, 6.45) is 1.80. The summed E-state index contributed by atoms with van der Waals surface area (Å²) in [6, 6.07) is 4.12. The summed E-state index contributed by atoms with van der Waals surface area (Å²) in [6.45, 7) is 0. The number of anilines is 1. The van der Waals surface area contributed by atoms with E-state index in [4.69, 9.17) is 0 Å². The van der Waals surface area contributed by atoms with Crippen LogP contribution in [0.1, 0.15) is 33.6 Å². The molecule has 20 heavy (non-hydrogen) atoms. The van der Waals surface area contributed by atoms with Crippen LogP contribution in [0.2, 0.25) is 0 Å². The monoisotopic (exact) mass is 274 g/mol. The zero-order valence-corrected chi connectivity index (χ0v) is 10.9. The maximum atomic E-state index is 11.9. The van der Waals surface area contributed by atoms with Gasteiger partial charge in [-0.25, -0.2) is 4.79 Å². The van der Waals surface area contributed by atoms with Gasteiger partial charge >= 0.3 is 5.97 Å². The van der Waals surface area contributed by atoms with E-state index in [-0.39, 0.29) is 17.7 Å². The molecule has 0 saturated heterocycles. The first kappa shape index (κ1) is 12.7. The average Bonchev–Trinajstić information content (AvgIpc) is 3.23. The molecule has 1 aliphatic heterocycles. The highest BCUT2D eigenvalue weighted by atomic mass is 16.4. The molecule has 1 heterocycles. The zero-order valence-electron chi connectivity index (χ0n) is 10.9. The maximum absolute atomic E-state index is 11.9. The Balaban J connectivity index is 1.88. The Kier molecular flexibility index (Phi) is 2.74. The molecule has 1 aromatic carbocycles. The van der Waals surface area contributed by atoms with Gasteiger partial charge in [0.05, 0.1) is 11.1 Å². The third kappa shape index (κ3) is 1.93. The van der Waals surface area contributed by atoms with Crippen LogP contribution >= 0.6 is 0 Å². The molecule has 0 bridgehead atoms. The number of benzene rings is 1. The number of fused-ring (bicyclic) bond motifs is 1. The smallest absolute Gasteiger partial charge is 0.326 e. The lowest BCUT2D eigenvalue weighted by Gasteiger charge is -2.15. The van der Waals surface area contributed by atoms with Gasteiger partial charge in [0.1, 0.15) is 6.04 Å². The van der Waals surface area contributed by atoms with Crippen molar-refractivity contribution in [2.75, 3.05) is 12.4 Å². The van der Waals surface area contributed by atoms with Crippen LogP contribution in [0.3, 0.4) is 0 Å². The predicted molar refractivity (Wildman–Crippen MR) is 70.6 cm³/mol. The first-order valence-electron chi connectivity index (χ1n) is 6.45. The van der Waals surface area contributed by atoms with Crippen LogP contribution < -0.4 is 5.32 Å². The fourth-order valence-corrected chi connectivity index (χ4v) is 2.44. The number of aliphatic carboxylic acids is 1. The van der Waals surface area contributed by atoms with Crippen LogP contribution in [-0.2, 0) is 4.79 Å². The van der Waals surface area contributed by atoms with E-state index >= 15 is 0 Å². The van der Waals surface area contributed by atoms with E-state index in [9.17, 15) is 19.5 Å². The van der Waals surface area contributed by atoms with E-state index in [2.05, 4.69) is 5.32 Å². The Morgan fingerprint density at radius 3 is 2.55 bits per heavy atom. The third-order valence-corrected chi connectivity index (χ3v) is 3.77. The fourth-order valence-electron chi connectivity index (χ4n) is 2.44. The maximum Gasteiger partial charge on any atom is 0.326 e. The minimum atomic E-state index is -0.896. The number of carboxylic acids is 1. The van der Waals surface area contributed by atoms with Gasteiger partial charge in [-0.05, 0) is 37.0 Å². The fraction of sp³-hybridized carbons (Fsp3) is 0.357. The quantitative estimate of drug-likeness (QED) is 0.805. The summed E-state index contributed by atoms with van der Waals surface area (Å²) in [5, 5.41) is 12.1. The molecule has 104 valence electrons. The summed E-state index contributed by atoms with van der Waals surface area (Å²) in [5.41, 5.74) is 1.24. The number of carbonyl (C=O) groups is 3. The van der Waals surface area contributed by atoms with E-state index in [1.54, 1.807) is 18.2 Å². The van der Waals surface area contributed by atoms with Gasteiger partial charge in [-0.2, -0.15) is 0 Å². The number of nitrogens with zero attached hydrogens (tertiary/aromatic N) is 1. The van der Waals surface area contributed by atoms with Gasteiger partial charge in [-0.3, -0.25) is 14.5 Å². The number of imide groups is 1. The van der Waals surface area contributed by atoms with Crippen molar-refractivity contribution in [2.45, 2.75) is 18.9 Å². The Morgan fingerprint density at radius 2 is 1.95 bits per heavy atom. The van der Waals surface area contributed by atoms with Gasteiger partial charge in [0.25, 0.3) is 11.8 Å². The van der Waals surface area contributed by atoms with Crippen molar-refractivity contribution in [1.29, 1.82) is 0 Å². The number of hydrogen-bond donors (Lipinski definition) is 2. The molecule has 0 spiro atoms. The summed E-state index contributed by atoms with van der Waals surface area (Å²) >= 11 is 0. The largest absolute Gasteiger partial charge is 0.480 e. The van der Waals surface area contributed by atoms with E-state index < -0.39 is 12.0 Å². The number of nitrogens with one attached hydrogen (secondary N) is 1. The van der Waals surface area contributed by atoms with Crippen LogP contribution in [0.5, 0.6) is 0 Å². The predicted octanol–water partition coefficient (Wildman–Crippen LogP) is 1.19. The van der Waals surface area contributed by atoms with Crippen molar-refractivity contribution in [3.63, 3.8) is 0 Å². The molecule has 1 saturated carbocycles. The minimum absolute atomic E-state index is 0.140. The number of amides is 2. The van der Waals surface area contributed by atoms with E-state index in [1.807, 2.05) is 0 Å². The van der Waals surface area contributed by atoms with Crippen LogP contribution in [0, 0.1) is 5.92 Å². The molecule has 6 nitrogen and oxygen atoms in total. The first-order chi connectivity index (χ1) is 9.49. The van der Waals surface area contributed by atoms with Crippen molar-refractivity contribution < 1.29 is 19.5 Å². The second kappa shape index (κ2) is 4.33. The molecule has 1 unspecified atom stereocenters. The zero-order chi connectivity index (χ0) is 14.4. The second-order valence-electron chi connectivity index (χ2n) is 5.23. The lowest BCUT2D eigenvalue weighted by Crippen LogP contribution is -2.31. The highest BCUT2D eigenvalue weighted by molar-refractivity contribution is 6.21. The number of hydrogen-bond acceptors (Lipinski definition) is 4. The van der Waals surface area contributed by atoms with Crippen molar-refractivity contribution in [1.82, 2.24) is 4.90 Å². The molecule has 6 heteroatoms. The number of carbonyl (C=O) groups excluding carboxylic acids is 2. The lowest BCUT2D eigenvalue weighted by molar-refractivity contribution is -0.138. The summed E-state index contributed by atoms with van der Waals surface area (Å²) < 4.78 is 0. The van der Waals surface area contributed by atoms with Gasteiger partial charge in [-0.15, -0.1) is 0 Å². The Bertz CT molecular complexity index is 622. The van der Waals surface area contributed by atoms with Crippen LogP contribution in [0.25, 0.3) is 0 Å². The Hall–Kier alpha value is -2.37. The van der Waals surface area contributed by atoms with Gasteiger partial charge in [0.15, 0.2) is 0 Å². The highest BCUT2D eigenvalue weighted by Gasteiger charge is 2.37. The van der Waals surface area contributed by atoms with Crippen molar-refractivity contribution in [3.8, 4) is 0 Å². The van der Waals surface area contributed by atoms with E-state index in [0.29, 0.717) is 16.8 Å². The Labute approximate surface area is 115 Å². The highest BCUT2D eigenvalue weighted by Crippen LogP contribution is 2.35. The summed E-state index contributed by atoms with van der Waals surface area (Å²) in [4.78, 5) is 35.9. The van der Waals surface area contributed by atoms with Gasteiger partial charge in [-0.1, -0.05) is 0 Å². The molecule has 1 atom stereocenters. The van der Waals surface area contributed by atoms with Crippen molar-refractivity contribution >= 4 is 23.5 Å². The van der Waals surface area contributed by atoms with Crippen LogP contribution in [0.15, 0.2) is 18.2 Å². The van der Waals surface area contributed by atoms with Crippen LogP contribution in [-0.4, -0.2) is 40.9 Å². The summed E-state index contributed by atoms with van der Waals surface area (Å²) in [5.74, 6) is -1.44. The number of rotatable bonds is 4. The van der Waals surface area contributed by atoms with Crippen molar-refractivity contribution in [2.24, 2.45) is 5.92 Å². The molecule has 0 aromatic heterocycles. The second-order valence-corrected chi connectivity index (χ2v) is 5.23. The number of carboxylic acid groups (broad SMARTS) is 1. The molecule has 3 rings (SSSR count). The molecule has 0 radical (unpaired) electrons. The van der Waals surface area contributed by atoms with Crippen molar-refractivity contribution in [3.05, 3.63) is 29.3 Å². The SMILES string of the molecule is CN1C(=O)c2ccc(NC(C(=O)O)C3CC3)cc2C1=O. The lowest BCUT2D eigenvalue weighted by atomic mass is 10.1. The molecule has 1 aromatic rings. The summed E-state index contributed by atoms with van der Waals surface area (Å²) in [7, 11) is 1.43. The molecule has 2 aliphatic rings. The van der Waals surface area contributed by atoms with Gasteiger partial charge in [0.2, 0.25) is 0 Å². The normalized spacial score (nSPS) is 18.9. The first-order valence-corrected chi connectivity index (χ1v) is 6.45. The Morgan fingerprint density at radius 1 is 1.30 bits per heavy atom. The topological polar surface area (TPSA) is 86.7 Å². The van der Waals surface area contributed by atoms with Gasteiger partial charge < -0.3 is 10.4 Å². The minimum Gasteiger partial charge on any atom is -0.480 e. The van der Waals surface area contributed by atoms with Gasteiger partial charge in [0, 0.05) is 12.7 Å². The van der Waals surface area contributed by atoms with E-state index in [0.717, 1.165) is 17.7 Å². The molecular weight excluding hydrogens is 260 g/mol. The molecule has 2 amide bonds. The molecule has 1 aliphatic carbocycles. The standard InChI is InChI=1S/C14H14N2O4/c1-16-12(17)9-5-4-8(6-10(9)13(16)18)15-11(14(19)20)7-2-3-7/h4-7,11,15H,2-3H2,1H3,(H,19,20). The molecular formula is C14H14N2O4. The van der Waals surface area contributed by atoms with E-state index in [1.165, 1.54) is 7.05 Å². The molecule has 1 fully saturated rings. The van der Waals surface area contributed by atoms with Crippen LogP contribution in [0.4, 0.5) is 5.69 Å².